The summed E-state index contributed by atoms with van der Waals surface area (Å²) in [5.41, 5.74) is 1.11. The minimum absolute atomic E-state index is 0.368. The number of carboxylic acids is 1. The van der Waals surface area contributed by atoms with Crippen molar-refractivity contribution in [1.82, 2.24) is 0 Å². The molecule has 0 amide bonds. The zero-order valence-corrected chi connectivity index (χ0v) is 10.5. The number of nitrogens with zero attached hydrogens (tertiary/aromatic N) is 1. The van der Waals surface area contributed by atoms with E-state index in [1.807, 2.05) is 31.2 Å². The molecule has 98 valence electrons. The molecule has 1 heterocycles. The first-order valence-corrected chi connectivity index (χ1v) is 6.18. The smallest absolute Gasteiger partial charge is 0.312 e. The number of benzene rings is 1. The fraction of sp³-hybridized carbons (Fsp3) is 0.500. The van der Waals surface area contributed by atoms with Crippen LogP contribution in [0.5, 0.6) is 0 Å². The van der Waals surface area contributed by atoms with E-state index >= 15 is 0 Å². The summed E-state index contributed by atoms with van der Waals surface area (Å²) in [6.45, 7) is 2.45. The van der Waals surface area contributed by atoms with Gasteiger partial charge in [-0.3, -0.25) is 4.79 Å². The van der Waals surface area contributed by atoms with Crippen LogP contribution in [0, 0.1) is 12.3 Å². The highest BCUT2D eigenvalue weighted by Crippen LogP contribution is 2.34. The van der Waals surface area contributed by atoms with Crippen LogP contribution in [0.15, 0.2) is 24.3 Å². The van der Waals surface area contributed by atoms with Gasteiger partial charge in [-0.25, -0.2) is 4.39 Å². The molecule has 1 fully saturated rings. The van der Waals surface area contributed by atoms with Crippen molar-refractivity contribution in [2.24, 2.45) is 5.41 Å². The number of rotatable bonds is 3. The van der Waals surface area contributed by atoms with Crippen LogP contribution < -0.4 is 4.90 Å². The molecule has 0 aliphatic carbocycles. The average Bonchev–Trinajstić information content (AvgIpc) is 2.39. The fourth-order valence-electron chi connectivity index (χ4n) is 2.35. The van der Waals surface area contributed by atoms with Gasteiger partial charge in [0, 0.05) is 18.8 Å². The molecule has 1 saturated heterocycles. The number of piperidine rings is 1. The second kappa shape index (κ2) is 4.96. The quantitative estimate of drug-likeness (QED) is 0.897. The van der Waals surface area contributed by atoms with E-state index in [1.54, 1.807) is 0 Å². The number of carboxylic acid groups (broad SMARTS) is 1. The Balaban J connectivity index is 2.06. The standard InChI is InChI=1S/C14H18FNO2/c1-11-2-4-12(5-3-11)16-8-6-14(10-15,7-9-16)13(17)18/h2-5H,6-10H2,1H3,(H,17,18). The summed E-state index contributed by atoms with van der Waals surface area (Å²) in [4.78, 5) is 13.3. The van der Waals surface area contributed by atoms with Crippen molar-refractivity contribution in [2.45, 2.75) is 19.8 Å². The van der Waals surface area contributed by atoms with E-state index in [-0.39, 0.29) is 0 Å². The third kappa shape index (κ3) is 2.33. The summed E-state index contributed by atoms with van der Waals surface area (Å²) >= 11 is 0. The van der Waals surface area contributed by atoms with E-state index in [0.717, 1.165) is 5.69 Å². The molecule has 0 unspecified atom stereocenters. The zero-order chi connectivity index (χ0) is 13.2. The van der Waals surface area contributed by atoms with Crippen LogP contribution in [0.25, 0.3) is 0 Å². The SMILES string of the molecule is Cc1ccc(N2CCC(CF)(C(=O)O)CC2)cc1. The van der Waals surface area contributed by atoms with Gasteiger partial charge in [0.05, 0.1) is 5.41 Å². The molecule has 0 bridgehead atoms. The van der Waals surface area contributed by atoms with Gasteiger partial charge in [-0.1, -0.05) is 17.7 Å². The van der Waals surface area contributed by atoms with E-state index < -0.39 is 18.1 Å². The molecule has 3 nitrogen and oxygen atoms in total. The molecule has 0 aromatic heterocycles. The Bertz CT molecular complexity index is 422. The summed E-state index contributed by atoms with van der Waals surface area (Å²) in [6, 6.07) is 8.12. The number of halogens is 1. The topological polar surface area (TPSA) is 40.5 Å². The summed E-state index contributed by atoms with van der Waals surface area (Å²) in [5, 5.41) is 9.12. The lowest BCUT2D eigenvalue weighted by atomic mass is 9.79. The van der Waals surface area contributed by atoms with Crippen LogP contribution in [0.4, 0.5) is 10.1 Å². The van der Waals surface area contributed by atoms with Crippen molar-refractivity contribution < 1.29 is 14.3 Å². The number of aryl methyl sites for hydroxylation is 1. The van der Waals surface area contributed by atoms with Gasteiger partial charge >= 0.3 is 5.97 Å². The Morgan fingerprint density at radius 1 is 1.33 bits per heavy atom. The second-order valence-corrected chi connectivity index (χ2v) is 5.04. The Kier molecular flexibility index (Phi) is 3.55. The Morgan fingerprint density at radius 2 is 1.89 bits per heavy atom. The minimum Gasteiger partial charge on any atom is -0.481 e. The highest BCUT2D eigenvalue weighted by Gasteiger charge is 2.41. The highest BCUT2D eigenvalue weighted by molar-refractivity contribution is 5.75. The van der Waals surface area contributed by atoms with Crippen molar-refractivity contribution in [1.29, 1.82) is 0 Å². The van der Waals surface area contributed by atoms with Gasteiger partial charge < -0.3 is 10.0 Å². The monoisotopic (exact) mass is 251 g/mol. The van der Waals surface area contributed by atoms with E-state index in [1.165, 1.54) is 5.56 Å². The first kappa shape index (κ1) is 12.9. The van der Waals surface area contributed by atoms with Gasteiger partial charge in [-0.05, 0) is 31.9 Å². The number of hydrogen-bond donors (Lipinski definition) is 1. The summed E-state index contributed by atoms with van der Waals surface area (Å²) < 4.78 is 13.0. The molecule has 0 saturated carbocycles. The molecule has 4 heteroatoms. The number of carbonyl (C=O) groups is 1. The lowest BCUT2D eigenvalue weighted by Crippen LogP contribution is -2.45. The number of hydrogen-bond acceptors (Lipinski definition) is 2. The first-order valence-electron chi connectivity index (χ1n) is 6.18. The van der Waals surface area contributed by atoms with Crippen LogP contribution in [0.1, 0.15) is 18.4 Å². The molecule has 2 rings (SSSR count). The van der Waals surface area contributed by atoms with Gasteiger partial charge in [-0.15, -0.1) is 0 Å². The summed E-state index contributed by atoms with van der Waals surface area (Å²) in [6.07, 6.45) is 0.736. The summed E-state index contributed by atoms with van der Waals surface area (Å²) in [7, 11) is 0. The van der Waals surface area contributed by atoms with E-state index in [4.69, 9.17) is 5.11 Å². The Hall–Kier alpha value is -1.58. The van der Waals surface area contributed by atoms with Crippen LogP contribution in [0.3, 0.4) is 0 Å². The van der Waals surface area contributed by atoms with Crippen LogP contribution in [-0.4, -0.2) is 30.8 Å². The summed E-state index contributed by atoms with van der Waals surface area (Å²) in [5.74, 6) is -1.01. The molecule has 0 radical (unpaired) electrons. The minimum atomic E-state index is -1.17. The molecule has 1 aliphatic heterocycles. The molecule has 18 heavy (non-hydrogen) atoms. The maximum absolute atomic E-state index is 13.0. The molecule has 1 aliphatic rings. The predicted molar refractivity (Wildman–Crippen MR) is 68.7 cm³/mol. The third-order valence-corrected chi connectivity index (χ3v) is 3.83. The third-order valence-electron chi connectivity index (χ3n) is 3.83. The zero-order valence-electron chi connectivity index (χ0n) is 10.5. The van der Waals surface area contributed by atoms with E-state index in [0.29, 0.717) is 25.9 Å². The van der Waals surface area contributed by atoms with Crippen molar-refractivity contribution in [3.05, 3.63) is 29.8 Å². The Labute approximate surface area is 106 Å². The normalized spacial score (nSPS) is 18.7. The number of aliphatic carboxylic acids is 1. The molecular weight excluding hydrogens is 233 g/mol. The highest BCUT2D eigenvalue weighted by atomic mass is 19.1. The maximum Gasteiger partial charge on any atom is 0.312 e. The van der Waals surface area contributed by atoms with Gasteiger partial charge in [0.15, 0.2) is 0 Å². The van der Waals surface area contributed by atoms with Gasteiger partial charge in [0.1, 0.15) is 6.67 Å². The van der Waals surface area contributed by atoms with Gasteiger partial charge in [-0.2, -0.15) is 0 Å². The van der Waals surface area contributed by atoms with Crippen molar-refractivity contribution in [2.75, 3.05) is 24.7 Å². The lowest BCUT2D eigenvalue weighted by molar-refractivity contribution is -0.151. The molecular formula is C14H18FNO2. The second-order valence-electron chi connectivity index (χ2n) is 5.04. The van der Waals surface area contributed by atoms with Crippen molar-refractivity contribution >= 4 is 11.7 Å². The van der Waals surface area contributed by atoms with E-state index in [9.17, 15) is 9.18 Å². The van der Waals surface area contributed by atoms with Crippen molar-refractivity contribution in [3.63, 3.8) is 0 Å². The number of anilines is 1. The van der Waals surface area contributed by atoms with Crippen LogP contribution in [0.2, 0.25) is 0 Å². The van der Waals surface area contributed by atoms with E-state index in [2.05, 4.69) is 4.90 Å². The molecule has 1 N–H and O–H groups in total. The average molecular weight is 251 g/mol. The van der Waals surface area contributed by atoms with Crippen LogP contribution in [-0.2, 0) is 4.79 Å². The van der Waals surface area contributed by atoms with Crippen LogP contribution >= 0.6 is 0 Å². The molecule has 1 aromatic carbocycles. The predicted octanol–water partition coefficient (Wildman–Crippen LogP) is 2.64. The number of alkyl halides is 1. The first-order chi connectivity index (χ1) is 8.57. The maximum atomic E-state index is 13.0. The molecule has 0 atom stereocenters. The van der Waals surface area contributed by atoms with Gasteiger partial charge in [0.2, 0.25) is 0 Å². The Morgan fingerprint density at radius 3 is 2.33 bits per heavy atom. The molecule has 1 aromatic rings. The van der Waals surface area contributed by atoms with Crippen molar-refractivity contribution in [3.8, 4) is 0 Å². The van der Waals surface area contributed by atoms with Gasteiger partial charge in [0.25, 0.3) is 0 Å². The largest absolute Gasteiger partial charge is 0.481 e. The molecule has 0 spiro atoms. The fourth-order valence-corrected chi connectivity index (χ4v) is 2.35. The lowest BCUT2D eigenvalue weighted by Gasteiger charge is -2.38.